The molecule has 0 aromatic heterocycles. The number of hydrogen-bond donors (Lipinski definition) is 3. The van der Waals surface area contributed by atoms with Crippen LogP contribution in [0.15, 0.2) is 42.0 Å². The molecular formula is C36H51N3O3. The third kappa shape index (κ3) is 7.26. The Labute approximate surface area is 253 Å². The Hall–Kier alpha value is -3.12. The average molecular weight is 574 g/mol. The lowest BCUT2D eigenvalue weighted by atomic mass is 9.84. The molecule has 2 unspecified atom stereocenters. The second kappa shape index (κ2) is 14.9. The van der Waals surface area contributed by atoms with Gasteiger partial charge >= 0.3 is 5.97 Å². The lowest BCUT2D eigenvalue weighted by Gasteiger charge is -2.28. The summed E-state index contributed by atoms with van der Waals surface area (Å²) in [5.41, 5.74) is 6.85. The second-order valence-electron chi connectivity index (χ2n) is 12.6. The number of benzene rings is 2. The number of nitrogens with one attached hydrogen (secondary N) is 1. The van der Waals surface area contributed by atoms with Gasteiger partial charge in [0.1, 0.15) is 5.56 Å². The van der Waals surface area contributed by atoms with Gasteiger partial charge in [0.15, 0.2) is 0 Å². The quantitative estimate of drug-likeness (QED) is 0.279. The van der Waals surface area contributed by atoms with Crippen molar-refractivity contribution in [2.75, 3.05) is 29.9 Å². The number of carboxylic acid groups (broad SMARTS) is 1. The van der Waals surface area contributed by atoms with Crippen LogP contribution in [0.25, 0.3) is 11.1 Å². The van der Waals surface area contributed by atoms with E-state index in [4.69, 9.17) is 4.99 Å². The highest BCUT2D eigenvalue weighted by molar-refractivity contribution is 6.04. The summed E-state index contributed by atoms with van der Waals surface area (Å²) in [4.78, 5) is 19.5. The molecule has 3 aliphatic rings. The Bertz CT molecular complexity index is 1260. The Morgan fingerprint density at radius 1 is 1.19 bits per heavy atom. The van der Waals surface area contributed by atoms with E-state index in [1.54, 1.807) is 6.20 Å². The van der Waals surface area contributed by atoms with E-state index in [9.17, 15) is 15.0 Å². The van der Waals surface area contributed by atoms with Gasteiger partial charge in [0.2, 0.25) is 0 Å². The largest absolute Gasteiger partial charge is 0.478 e. The van der Waals surface area contributed by atoms with Crippen molar-refractivity contribution < 1.29 is 15.0 Å². The van der Waals surface area contributed by atoms with E-state index in [0.717, 1.165) is 54.0 Å². The van der Waals surface area contributed by atoms with E-state index in [-0.39, 0.29) is 24.0 Å². The van der Waals surface area contributed by atoms with Crippen LogP contribution >= 0.6 is 0 Å². The molecule has 1 saturated carbocycles. The number of carboxylic acids is 1. The van der Waals surface area contributed by atoms with Crippen molar-refractivity contribution >= 4 is 29.2 Å². The lowest BCUT2D eigenvalue weighted by molar-refractivity contribution is 0.0698. The Morgan fingerprint density at radius 3 is 2.52 bits per heavy atom. The van der Waals surface area contributed by atoms with Crippen molar-refractivity contribution in [1.82, 2.24) is 0 Å². The highest BCUT2D eigenvalue weighted by Gasteiger charge is 2.31. The minimum absolute atomic E-state index is 0.107. The first-order valence-corrected chi connectivity index (χ1v) is 16.2. The standard InChI is InChI=1S/C29H37N3O3.C7H14/c1-5-18(4)26-23(21-8-9-22-12-19(6-2)15-31-24(22)13-21)14-25(32-11-10-20(16-32)17-33)27(29(34)35)28(26)30-7-3;1-7-5-3-2-4-6-7/h7-9,13-15,18-20,30,33H,3,5-6,10-12,16-17H2,1-2,4H3,(H,34,35);7H,2-6H2,1H3/t18?,19?,20-;/m0./s1. The molecule has 1 saturated heterocycles. The molecule has 0 spiro atoms. The molecular weight excluding hydrogens is 522 g/mol. The van der Waals surface area contributed by atoms with Gasteiger partial charge in [0, 0.05) is 31.8 Å². The van der Waals surface area contributed by atoms with Gasteiger partial charge in [-0.3, -0.25) is 4.99 Å². The fourth-order valence-corrected chi connectivity index (χ4v) is 6.66. The highest BCUT2D eigenvalue weighted by Crippen LogP contribution is 2.45. The van der Waals surface area contributed by atoms with Crippen LogP contribution < -0.4 is 10.2 Å². The SMILES string of the molecule is C=CNc1c(C(=O)O)c(N2CC[C@H](CO)C2)cc(-c2ccc3c(c2)N=CC(CC)C3)c1C(C)CC.CC1CCCCC1. The second-order valence-corrected chi connectivity index (χ2v) is 12.6. The topological polar surface area (TPSA) is 85.2 Å². The Kier molecular flexibility index (Phi) is 11.3. The lowest BCUT2D eigenvalue weighted by Crippen LogP contribution is -2.24. The number of fused-ring (bicyclic) bond motifs is 1. The predicted molar refractivity (Wildman–Crippen MR) is 177 cm³/mol. The molecule has 0 amide bonds. The van der Waals surface area contributed by atoms with Gasteiger partial charge < -0.3 is 20.4 Å². The fraction of sp³-hybridized carbons (Fsp3) is 0.556. The number of hydrogen-bond acceptors (Lipinski definition) is 5. The van der Waals surface area contributed by atoms with Crippen LogP contribution in [-0.4, -0.2) is 42.1 Å². The summed E-state index contributed by atoms with van der Waals surface area (Å²) in [6, 6.07) is 8.51. The van der Waals surface area contributed by atoms with E-state index in [2.05, 4.69) is 68.9 Å². The van der Waals surface area contributed by atoms with Gasteiger partial charge in [-0.2, -0.15) is 0 Å². The summed E-state index contributed by atoms with van der Waals surface area (Å²) in [6.07, 6.45) is 14.8. The number of aliphatic hydroxyl groups is 1. The molecule has 228 valence electrons. The zero-order chi connectivity index (χ0) is 30.2. The van der Waals surface area contributed by atoms with Gasteiger partial charge in [0.05, 0.1) is 17.1 Å². The van der Waals surface area contributed by atoms with Crippen molar-refractivity contribution in [2.45, 2.75) is 91.4 Å². The maximum Gasteiger partial charge on any atom is 0.339 e. The van der Waals surface area contributed by atoms with E-state index in [0.29, 0.717) is 30.4 Å². The third-order valence-electron chi connectivity index (χ3n) is 9.52. The summed E-state index contributed by atoms with van der Waals surface area (Å²) >= 11 is 0. The highest BCUT2D eigenvalue weighted by atomic mass is 16.4. The zero-order valence-corrected chi connectivity index (χ0v) is 26.2. The molecule has 3 N–H and O–H groups in total. The summed E-state index contributed by atoms with van der Waals surface area (Å²) in [5.74, 6) is 0.827. The van der Waals surface area contributed by atoms with Crippen LogP contribution in [0.1, 0.15) is 106 Å². The summed E-state index contributed by atoms with van der Waals surface area (Å²) in [5, 5.41) is 23.2. The van der Waals surface area contributed by atoms with E-state index < -0.39 is 5.97 Å². The number of aliphatic imine (C=N–C) groups is 1. The monoisotopic (exact) mass is 573 g/mol. The molecule has 3 atom stereocenters. The number of rotatable bonds is 9. The number of anilines is 2. The van der Waals surface area contributed by atoms with Gasteiger partial charge in [-0.15, -0.1) is 0 Å². The summed E-state index contributed by atoms with van der Waals surface area (Å²) < 4.78 is 0. The Balaban J connectivity index is 0.000000507. The van der Waals surface area contributed by atoms with Crippen LogP contribution in [0.3, 0.4) is 0 Å². The molecule has 0 bridgehead atoms. The molecule has 42 heavy (non-hydrogen) atoms. The maximum atomic E-state index is 12.6. The number of nitrogens with zero attached hydrogens (tertiary/aromatic N) is 2. The zero-order valence-electron chi connectivity index (χ0n) is 26.2. The first-order chi connectivity index (χ1) is 20.3. The van der Waals surface area contributed by atoms with Crippen LogP contribution in [0.4, 0.5) is 17.1 Å². The van der Waals surface area contributed by atoms with Gasteiger partial charge in [-0.25, -0.2) is 4.79 Å². The van der Waals surface area contributed by atoms with Gasteiger partial charge in [-0.1, -0.05) is 78.5 Å². The molecule has 6 heteroatoms. The molecule has 2 fully saturated rings. The fourth-order valence-electron chi connectivity index (χ4n) is 6.66. The smallest absolute Gasteiger partial charge is 0.339 e. The van der Waals surface area contributed by atoms with Gasteiger partial charge in [0.25, 0.3) is 0 Å². The van der Waals surface area contributed by atoms with Crippen molar-refractivity contribution in [2.24, 2.45) is 22.7 Å². The summed E-state index contributed by atoms with van der Waals surface area (Å²) in [6.45, 7) is 14.1. The average Bonchev–Trinajstić information content (AvgIpc) is 3.49. The first kappa shape index (κ1) is 31.8. The molecule has 2 aliphatic heterocycles. The molecule has 0 radical (unpaired) electrons. The van der Waals surface area contributed by atoms with Crippen molar-refractivity contribution in [3.05, 3.63) is 53.7 Å². The van der Waals surface area contributed by atoms with Crippen molar-refractivity contribution in [1.29, 1.82) is 0 Å². The minimum atomic E-state index is -0.964. The van der Waals surface area contributed by atoms with Crippen molar-refractivity contribution in [3.63, 3.8) is 0 Å². The number of aliphatic hydroxyl groups excluding tert-OH is 1. The normalized spacial score (nSPS) is 20.8. The number of carbonyl (C=O) groups is 1. The van der Waals surface area contributed by atoms with Crippen LogP contribution in [0.5, 0.6) is 0 Å². The molecule has 2 aromatic rings. The van der Waals surface area contributed by atoms with E-state index in [1.807, 2.05) is 6.07 Å². The first-order valence-electron chi connectivity index (χ1n) is 16.2. The molecule has 5 rings (SSSR count). The molecule has 2 heterocycles. The third-order valence-corrected chi connectivity index (χ3v) is 9.52. The van der Waals surface area contributed by atoms with Crippen LogP contribution in [0.2, 0.25) is 0 Å². The van der Waals surface area contributed by atoms with Gasteiger partial charge in [-0.05, 0) is 84.0 Å². The molecule has 2 aromatic carbocycles. The number of aromatic carboxylic acids is 1. The Morgan fingerprint density at radius 2 is 1.95 bits per heavy atom. The van der Waals surface area contributed by atoms with E-state index >= 15 is 0 Å². The predicted octanol–water partition coefficient (Wildman–Crippen LogP) is 8.81. The van der Waals surface area contributed by atoms with Crippen LogP contribution in [0, 0.1) is 17.8 Å². The van der Waals surface area contributed by atoms with Crippen LogP contribution in [-0.2, 0) is 6.42 Å². The minimum Gasteiger partial charge on any atom is -0.478 e. The van der Waals surface area contributed by atoms with E-state index in [1.165, 1.54) is 37.7 Å². The maximum absolute atomic E-state index is 12.6. The van der Waals surface area contributed by atoms with Crippen molar-refractivity contribution in [3.8, 4) is 11.1 Å². The summed E-state index contributed by atoms with van der Waals surface area (Å²) in [7, 11) is 0. The molecule has 6 nitrogen and oxygen atoms in total. The molecule has 1 aliphatic carbocycles.